The standard InChI is InChI=1S/C48H68N2O7/c1-27(2)36-32(51)26-48(50-41(56)44(7,8)49-38(52)28-15-13-12-14-16-28)24-23-46(10)29(37(36)48)17-18-34-45(9)21-20-35(43(5,6)33(45)19-22-47(34,46)11)57-40(55)31-25-30(39(53)54)42(31,3)4/h12-16,27,29-31,33-35H,17-26H2,1-11H3,(H,49,52)(H,50,56)(H,53,54)/t29-,30+,31?,33+,34-,35+,45+,46-,47-,48-/m1/s1. The first-order valence-corrected chi connectivity index (χ1v) is 21.8. The lowest BCUT2D eigenvalue weighted by Crippen LogP contribution is -2.68. The van der Waals surface area contributed by atoms with Crippen LogP contribution in [0.4, 0.5) is 0 Å². The summed E-state index contributed by atoms with van der Waals surface area (Å²) in [5.41, 5.74) is -0.396. The average Bonchev–Trinajstić information content (AvgIpc) is 3.41. The number of hydrogen-bond acceptors (Lipinski definition) is 6. The number of amides is 2. The average molecular weight is 785 g/mol. The molecule has 3 N–H and O–H groups in total. The molecule has 5 saturated carbocycles. The molecule has 5 fully saturated rings. The summed E-state index contributed by atoms with van der Waals surface area (Å²) in [4.78, 5) is 67.1. The normalized spacial score (nSPS) is 39.1. The quantitative estimate of drug-likeness (QED) is 0.224. The molecule has 0 heterocycles. The molecule has 7 rings (SSSR count). The Labute approximate surface area is 340 Å². The highest BCUT2D eigenvalue weighted by Crippen LogP contribution is 2.76. The van der Waals surface area contributed by atoms with Crippen LogP contribution in [-0.4, -0.2) is 51.8 Å². The van der Waals surface area contributed by atoms with Crippen LogP contribution in [0.1, 0.15) is 151 Å². The van der Waals surface area contributed by atoms with Crippen molar-refractivity contribution in [2.45, 2.75) is 158 Å². The van der Waals surface area contributed by atoms with Crippen molar-refractivity contribution in [1.82, 2.24) is 10.6 Å². The Hall–Kier alpha value is -3.49. The number of hydrogen-bond donors (Lipinski definition) is 3. The molecule has 0 bridgehead atoms. The lowest BCUT2D eigenvalue weighted by molar-refractivity contribution is -0.235. The summed E-state index contributed by atoms with van der Waals surface area (Å²) >= 11 is 0. The van der Waals surface area contributed by atoms with Crippen LogP contribution in [0.15, 0.2) is 41.5 Å². The molecule has 6 aliphatic carbocycles. The number of carbonyl (C=O) groups excluding carboxylic acids is 4. The van der Waals surface area contributed by atoms with Gasteiger partial charge in [0.05, 0.1) is 17.4 Å². The van der Waals surface area contributed by atoms with E-state index in [1.165, 1.54) is 0 Å². The minimum atomic E-state index is -1.21. The fraction of sp³-hybridized carbons (Fsp3) is 0.729. The summed E-state index contributed by atoms with van der Waals surface area (Å²) in [6, 6.07) is 8.92. The van der Waals surface area contributed by atoms with Gasteiger partial charge in [-0.15, -0.1) is 0 Å². The van der Waals surface area contributed by atoms with Crippen LogP contribution in [-0.2, 0) is 23.9 Å². The highest BCUT2D eigenvalue weighted by atomic mass is 16.5. The second-order valence-corrected chi connectivity index (χ2v) is 22.0. The fourth-order valence-electron chi connectivity index (χ4n) is 14.3. The molecular weight excluding hydrogens is 717 g/mol. The van der Waals surface area contributed by atoms with E-state index in [4.69, 9.17) is 4.74 Å². The first kappa shape index (κ1) is 41.7. The van der Waals surface area contributed by atoms with E-state index in [1.807, 2.05) is 19.9 Å². The lowest BCUT2D eigenvalue weighted by atomic mass is 9.33. The SMILES string of the molecule is CC(C)C1=C2[C@H]3CC[C@@H]4[C@@]5(C)CC[C@H](OC(=O)C6C[C@@H](C(=O)O)C6(C)C)C(C)(C)[C@@H]5CC[C@@]4(C)[C@]3(C)CC[C@@]2(NC(=O)C(C)(C)NC(=O)c2ccccc2)CC1=O. The second kappa shape index (κ2) is 13.5. The maximum Gasteiger partial charge on any atom is 0.309 e. The number of carbonyl (C=O) groups is 5. The molecule has 312 valence electrons. The summed E-state index contributed by atoms with van der Waals surface area (Å²) in [6.45, 7) is 23.6. The Bertz CT molecular complexity index is 1900. The summed E-state index contributed by atoms with van der Waals surface area (Å²) in [5, 5.41) is 16.1. The van der Waals surface area contributed by atoms with E-state index in [1.54, 1.807) is 38.1 Å². The van der Waals surface area contributed by atoms with E-state index < -0.39 is 34.3 Å². The van der Waals surface area contributed by atoms with Gasteiger partial charge in [0.25, 0.3) is 5.91 Å². The van der Waals surface area contributed by atoms with Crippen LogP contribution in [0.5, 0.6) is 0 Å². The Kier molecular flexibility index (Phi) is 9.88. The summed E-state index contributed by atoms with van der Waals surface area (Å²) < 4.78 is 6.41. The van der Waals surface area contributed by atoms with Crippen LogP contribution >= 0.6 is 0 Å². The molecule has 0 saturated heterocycles. The van der Waals surface area contributed by atoms with E-state index in [0.717, 1.165) is 56.1 Å². The molecule has 1 aromatic rings. The first-order chi connectivity index (χ1) is 26.4. The van der Waals surface area contributed by atoms with Gasteiger partial charge >= 0.3 is 11.9 Å². The minimum Gasteiger partial charge on any atom is -0.481 e. The number of esters is 1. The fourth-order valence-corrected chi connectivity index (χ4v) is 14.3. The predicted molar refractivity (Wildman–Crippen MR) is 219 cm³/mol. The molecule has 2 amide bonds. The van der Waals surface area contributed by atoms with Gasteiger partial charge in [0.1, 0.15) is 11.6 Å². The molecule has 0 radical (unpaired) electrons. The van der Waals surface area contributed by atoms with Crippen molar-refractivity contribution < 1.29 is 33.8 Å². The number of Topliss-reactive ketones (excluding diaryl/α,β-unsaturated/α-hetero) is 1. The van der Waals surface area contributed by atoms with Crippen LogP contribution in [0.3, 0.4) is 0 Å². The van der Waals surface area contributed by atoms with Gasteiger partial charge in [-0.1, -0.05) is 80.5 Å². The van der Waals surface area contributed by atoms with Gasteiger partial charge in [0.2, 0.25) is 5.91 Å². The van der Waals surface area contributed by atoms with Gasteiger partial charge in [-0.2, -0.15) is 0 Å². The molecule has 9 nitrogen and oxygen atoms in total. The van der Waals surface area contributed by atoms with Crippen molar-refractivity contribution in [2.75, 3.05) is 0 Å². The zero-order chi connectivity index (χ0) is 41.9. The Morgan fingerprint density at radius 1 is 0.807 bits per heavy atom. The zero-order valence-corrected chi connectivity index (χ0v) is 36.4. The summed E-state index contributed by atoms with van der Waals surface area (Å²) in [7, 11) is 0. The summed E-state index contributed by atoms with van der Waals surface area (Å²) in [6.07, 6.45) is 7.75. The molecule has 1 aromatic carbocycles. The second-order valence-electron chi connectivity index (χ2n) is 22.0. The van der Waals surface area contributed by atoms with Gasteiger partial charge < -0.3 is 20.5 Å². The van der Waals surface area contributed by atoms with Crippen molar-refractivity contribution in [2.24, 2.45) is 62.6 Å². The molecule has 1 unspecified atom stereocenters. The lowest BCUT2D eigenvalue weighted by Gasteiger charge is -2.72. The van der Waals surface area contributed by atoms with Gasteiger partial charge in [0.15, 0.2) is 5.78 Å². The monoisotopic (exact) mass is 785 g/mol. The van der Waals surface area contributed by atoms with Crippen molar-refractivity contribution in [3.63, 3.8) is 0 Å². The third kappa shape index (κ3) is 6.07. The van der Waals surface area contributed by atoms with Crippen LogP contribution in [0.2, 0.25) is 0 Å². The highest BCUT2D eigenvalue weighted by molar-refractivity contribution is 6.03. The molecule has 0 aromatic heterocycles. The zero-order valence-electron chi connectivity index (χ0n) is 36.4. The number of allylic oxidation sites excluding steroid dienone is 1. The molecule has 57 heavy (non-hydrogen) atoms. The molecule has 0 spiro atoms. The van der Waals surface area contributed by atoms with Crippen molar-refractivity contribution in [3.8, 4) is 0 Å². The number of ether oxygens (including phenoxy) is 1. The van der Waals surface area contributed by atoms with Crippen molar-refractivity contribution in [3.05, 3.63) is 47.0 Å². The predicted octanol–water partition coefficient (Wildman–Crippen LogP) is 8.70. The number of nitrogens with one attached hydrogen (secondary N) is 2. The number of carboxylic acid groups (broad SMARTS) is 1. The molecule has 9 heteroatoms. The van der Waals surface area contributed by atoms with E-state index in [2.05, 4.69) is 59.1 Å². The third-order valence-corrected chi connectivity index (χ3v) is 17.9. The maximum atomic E-state index is 14.3. The maximum absolute atomic E-state index is 14.3. The number of aliphatic carboxylic acids is 1. The number of rotatable bonds is 8. The van der Waals surface area contributed by atoms with E-state index >= 15 is 0 Å². The van der Waals surface area contributed by atoms with Gasteiger partial charge in [-0.05, 0) is 140 Å². The van der Waals surface area contributed by atoms with E-state index in [9.17, 15) is 29.1 Å². The topological polar surface area (TPSA) is 139 Å². The number of ketones is 1. The molecule has 10 atom stereocenters. The largest absolute Gasteiger partial charge is 0.481 e. The van der Waals surface area contributed by atoms with Crippen LogP contribution < -0.4 is 10.6 Å². The highest BCUT2D eigenvalue weighted by Gasteiger charge is 2.71. The van der Waals surface area contributed by atoms with E-state index in [-0.39, 0.29) is 69.6 Å². The number of carboxylic acids is 1. The first-order valence-electron chi connectivity index (χ1n) is 21.8. The Balaban J connectivity index is 1.14. The smallest absolute Gasteiger partial charge is 0.309 e. The molecule has 6 aliphatic rings. The number of fused-ring (bicyclic) bond motifs is 7. The Morgan fingerprint density at radius 3 is 2.09 bits per heavy atom. The van der Waals surface area contributed by atoms with Gasteiger partial charge in [-0.3, -0.25) is 24.0 Å². The van der Waals surface area contributed by atoms with Crippen LogP contribution in [0.25, 0.3) is 0 Å². The minimum absolute atomic E-state index is 0.0115. The van der Waals surface area contributed by atoms with Crippen LogP contribution in [0, 0.1) is 62.6 Å². The van der Waals surface area contributed by atoms with Gasteiger partial charge in [-0.25, -0.2) is 0 Å². The Morgan fingerprint density at radius 2 is 1.47 bits per heavy atom. The molecule has 0 aliphatic heterocycles. The van der Waals surface area contributed by atoms with Gasteiger partial charge in [0, 0.05) is 17.4 Å². The number of benzene rings is 1. The van der Waals surface area contributed by atoms with Crippen molar-refractivity contribution in [1.29, 1.82) is 0 Å². The molecular formula is C48H68N2O7. The van der Waals surface area contributed by atoms with E-state index in [0.29, 0.717) is 30.2 Å². The third-order valence-electron chi connectivity index (χ3n) is 17.9. The summed E-state index contributed by atoms with van der Waals surface area (Å²) in [5.74, 6) is -1.50. The van der Waals surface area contributed by atoms with Crippen molar-refractivity contribution >= 4 is 29.5 Å².